The summed E-state index contributed by atoms with van der Waals surface area (Å²) in [6, 6.07) is -1.01. The van der Waals surface area contributed by atoms with Crippen molar-refractivity contribution in [3.8, 4) is 12.3 Å². The molecule has 1 rings (SSSR count). The van der Waals surface area contributed by atoms with Crippen molar-refractivity contribution in [1.29, 1.82) is 0 Å². The van der Waals surface area contributed by atoms with Gasteiger partial charge in [-0.05, 0) is 12.8 Å². The van der Waals surface area contributed by atoms with E-state index < -0.39 is 17.4 Å². The van der Waals surface area contributed by atoms with Crippen molar-refractivity contribution in [2.75, 3.05) is 6.54 Å². The smallest absolute Gasteiger partial charge is 0.327 e. The standard InChI is InChI=1S/C10H14N2O3/c1-2-3-7(8(13)14)12-9(15)10(6-11)4-5-10/h1,7H,3-6,11H2,(H,12,15)(H,13,14). The molecule has 1 fully saturated rings. The number of hydrogen-bond donors (Lipinski definition) is 3. The summed E-state index contributed by atoms with van der Waals surface area (Å²) in [5.41, 5.74) is 4.91. The minimum absolute atomic E-state index is 0.0122. The first-order chi connectivity index (χ1) is 7.05. The first-order valence-corrected chi connectivity index (χ1v) is 4.73. The van der Waals surface area contributed by atoms with E-state index in [-0.39, 0.29) is 18.9 Å². The van der Waals surface area contributed by atoms with Crippen molar-refractivity contribution in [3.63, 3.8) is 0 Å². The van der Waals surface area contributed by atoms with Crippen molar-refractivity contribution < 1.29 is 14.7 Å². The highest BCUT2D eigenvalue weighted by atomic mass is 16.4. The van der Waals surface area contributed by atoms with Crippen LogP contribution in [0.3, 0.4) is 0 Å². The van der Waals surface area contributed by atoms with E-state index in [1.807, 2.05) is 0 Å². The fourth-order valence-electron chi connectivity index (χ4n) is 1.30. The van der Waals surface area contributed by atoms with Crippen molar-refractivity contribution in [2.45, 2.75) is 25.3 Å². The average Bonchev–Trinajstić information content (AvgIpc) is 2.97. The summed E-state index contributed by atoms with van der Waals surface area (Å²) < 4.78 is 0. The summed E-state index contributed by atoms with van der Waals surface area (Å²) >= 11 is 0. The Labute approximate surface area is 88.0 Å². The van der Waals surface area contributed by atoms with Gasteiger partial charge in [-0.2, -0.15) is 0 Å². The largest absolute Gasteiger partial charge is 0.480 e. The number of rotatable bonds is 5. The Morgan fingerprint density at radius 1 is 1.60 bits per heavy atom. The van der Waals surface area contributed by atoms with Crippen LogP contribution in [0.25, 0.3) is 0 Å². The molecule has 1 amide bonds. The Kier molecular flexibility index (Phi) is 3.32. The highest BCUT2D eigenvalue weighted by molar-refractivity contribution is 5.89. The Morgan fingerprint density at radius 2 is 2.20 bits per heavy atom. The summed E-state index contributed by atoms with van der Waals surface area (Å²) in [6.07, 6.45) is 6.44. The summed E-state index contributed by atoms with van der Waals surface area (Å²) in [5.74, 6) is 0.803. The molecule has 0 bridgehead atoms. The lowest BCUT2D eigenvalue weighted by atomic mass is 10.1. The van der Waals surface area contributed by atoms with Gasteiger partial charge in [0.25, 0.3) is 0 Å². The molecule has 5 nitrogen and oxygen atoms in total. The van der Waals surface area contributed by atoms with Crippen molar-refractivity contribution >= 4 is 11.9 Å². The molecule has 82 valence electrons. The molecule has 4 N–H and O–H groups in total. The normalized spacial score (nSPS) is 18.7. The Balaban J connectivity index is 2.56. The van der Waals surface area contributed by atoms with Crippen molar-refractivity contribution in [3.05, 3.63) is 0 Å². The van der Waals surface area contributed by atoms with Crippen molar-refractivity contribution in [1.82, 2.24) is 5.32 Å². The Morgan fingerprint density at radius 3 is 2.53 bits per heavy atom. The van der Waals surface area contributed by atoms with E-state index in [1.54, 1.807) is 0 Å². The number of carboxylic acid groups (broad SMARTS) is 1. The molecule has 0 aromatic carbocycles. The van der Waals surface area contributed by atoms with E-state index in [9.17, 15) is 9.59 Å². The fourth-order valence-corrected chi connectivity index (χ4v) is 1.30. The third kappa shape index (κ3) is 2.48. The van der Waals surface area contributed by atoms with Crippen LogP contribution in [0.4, 0.5) is 0 Å². The summed E-state index contributed by atoms with van der Waals surface area (Å²) in [7, 11) is 0. The van der Waals surface area contributed by atoms with Gasteiger partial charge in [0.15, 0.2) is 0 Å². The molecule has 1 aliphatic carbocycles. The number of carbonyl (C=O) groups is 2. The maximum atomic E-state index is 11.6. The number of nitrogens with one attached hydrogen (secondary N) is 1. The molecule has 0 aromatic rings. The first-order valence-electron chi connectivity index (χ1n) is 4.73. The summed E-state index contributed by atoms with van der Waals surface area (Å²) in [4.78, 5) is 22.3. The topological polar surface area (TPSA) is 92.4 Å². The fraction of sp³-hybridized carbons (Fsp3) is 0.600. The molecule has 15 heavy (non-hydrogen) atoms. The van der Waals surface area contributed by atoms with Crippen LogP contribution in [0.15, 0.2) is 0 Å². The predicted molar refractivity (Wildman–Crippen MR) is 53.7 cm³/mol. The van der Waals surface area contributed by atoms with Crippen LogP contribution in [0.2, 0.25) is 0 Å². The molecular formula is C10H14N2O3. The first kappa shape index (κ1) is 11.5. The zero-order chi connectivity index (χ0) is 11.5. The average molecular weight is 210 g/mol. The summed E-state index contributed by atoms with van der Waals surface area (Å²) in [6.45, 7) is 0.251. The van der Waals surface area contributed by atoms with E-state index in [2.05, 4.69) is 11.2 Å². The third-order valence-electron chi connectivity index (χ3n) is 2.65. The van der Waals surface area contributed by atoms with Gasteiger partial charge in [-0.1, -0.05) is 0 Å². The maximum absolute atomic E-state index is 11.6. The SMILES string of the molecule is C#CCC(NC(=O)C1(CN)CC1)C(=O)O. The number of amides is 1. The minimum Gasteiger partial charge on any atom is -0.480 e. The van der Waals surface area contributed by atoms with E-state index in [0.717, 1.165) is 12.8 Å². The highest BCUT2D eigenvalue weighted by Crippen LogP contribution is 2.44. The second-order valence-electron chi connectivity index (χ2n) is 3.76. The number of carbonyl (C=O) groups excluding carboxylic acids is 1. The predicted octanol–water partition coefficient (Wildman–Crippen LogP) is -0.682. The Hall–Kier alpha value is -1.54. The van der Waals surface area contributed by atoms with Crippen LogP contribution >= 0.6 is 0 Å². The quantitative estimate of drug-likeness (QED) is 0.524. The third-order valence-corrected chi connectivity index (χ3v) is 2.65. The van der Waals surface area contributed by atoms with Crippen LogP contribution in [-0.4, -0.2) is 29.6 Å². The number of terminal acetylenes is 1. The molecular weight excluding hydrogens is 196 g/mol. The van der Waals surface area contributed by atoms with Crippen LogP contribution in [0.1, 0.15) is 19.3 Å². The zero-order valence-electron chi connectivity index (χ0n) is 8.32. The van der Waals surface area contributed by atoms with Crippen molar-refractivity contribution in [2.24, 2.45) is 11.1 Å². The Bertz CT molecular complexity index is 315. The lowest BCUT2D eigenvalue weighted by molar-refractivity contribution is -0.142. The lowest BCUT2D eigenvalue weighted by Gasteiger charge is -2.16. The molecule has 1 saturated carbocycles. The van der Waals surface area contributed by atoms with Gasteiger partial charge in [-0.15, -0.1) is 12.3 Å². The molecule has 1 atom stereocenters. The molecule has 0 spiro atoms. The van der Waals surface area contributed by atoms with Crippen LogP contribution < -0.4 is 11.1 Å². The van der Waals surface area contributed by atoms with Gasteiger partial charge in [0.2, 0.25) is 5.91 Å². The van der Waals surface area contributed by atoms with Gasteiger partial charge in [-0.25, -0.2) is 4.79 Å². The van der Waals surface area contributed by atoms with E-state index in [4.69, 9.17) is 17.3 Å². The molecule has 0 radical (unpaired) electrons. The number of nitrogens with two attached hydrogens (primary N) is 1. The van der Waals surface area contributed by atoms with E-state index >= 15 is 0 Å². The van der Waals surface area contributed by atoms with E-state index in [1.165, 1.54) is 0 Å². The van der Waals surface area contributed by atoms with Gasteiger partial charge in [-0.3, -0.25) is 4.79 Å². The second-order valence-corrected chi connectivity index (χ2v) is 3.76. The molecule has 0 aromatic heterocycles. The van der Waals surface area contributed by atoms with Crippen LogP contribution in [-0.2, 0) is 9.59 Å². The van der Waals surface area contributed by atoms with Crippen LogP contribution in [0.5, 0.6) is 0 Å². The monoisotopic (exact) mass is 210 g/mol. The maximum Gasteiger partial charge on any atom is 0.327 e. The summed E-state index contributed by atoms with van der Waals surface area (Å²) in [5, 5.41) is 11.2. The van der Waals surface area contributed by atoms with Gasteiger partial charge in [0, 0.05) is 13.0 Å². The van der Waals surface area contributed by atoms with Gasteiger partial charge < -0.3 is 16.2 Å². The zero-order valence-corrected chi connectivity index (χ0v) is 8.32. The van der Waals surface area contributed by atoms with E-state index in [0.29, 0.717) is 0 Å². The molecule has 1 unspecified atom stereocenters. The second kappa shape index (κ2) is 4.32. The highest BCUT2D eigenvalue weighted by Gasteiger charge is 2.49. The molecule has 0 heterocycles. The minimum atomic E-state index is -1.12. The molecule has 5 heteroatoms. The number of carboxylic acids is 1. The lowest BCUT2D eigenvalue weighted by Crippen LogP contribution is -2.46. The number of aliphatic carboxylic acids is 1. The number of hydrogen-bond acceptors (Lipinski definition) is 3. The molecule has 0 aliphatic heterocycles. The molecule has 0 saturated heterocycles. The van der Waals surface area contributed by atoms with Gasteiger partial charge >= 0.3 is 5.97 Å². The van der Waals surface area contributed by atoms with Gasteiger partial charge in [0.05, 0.1) is 5.41 Å². The van der Waals surface area contributed by atoms with Crippen LogP contribution in [0, 0.1) is 17.8 Å². The molecule has 1 aliphatic rings. The van der Waals surface area contributed by atoms with Gasteiger partial charge in [0.1, 0.15) is 6.04 Å².